The molecule has 1 N–H and O–H groups in total. The molecule has 1 aliphatic heterocycles. The number of nitrogens with one attached hydrogen (secondary N) is 1. The van der Waals surface area contributed by atoms with Crippen molar-refractivity contribution in [2.75, 3.05) is 32.8 Å². The maximum atomic E-state index is 13.3. The van der Waals surface area contributed by atoms with E-state index >= 15 is 0 Å². The second-order valence-electron chi connectivity index (χ2n) is 7.23. The largest absolute Gasteiger partial charge is 0.379 e. The van der Waals surface area contributed by atoms with Gasteiger partial charge in [-0.25, -0.2) is 4.39 Å². The van der Waals surface area contributed by atoms with Crippen molar-refractivity contribution in [1.82, 2.24) is 10.2 Å². The molecule has 1 aliphatic carbocycles. The first kappa shape index (κ1) is 18.3. The van der Waals surface area contributed by atoms with Gasteiger partial charge in [0.15, 0.2) is 0 Å². The van der Waals surface area contributed by atoms with E-state index in [1.807, 2.05) is 12.1 Å². The number of amides is 1. The Hall–Kier alpha value is -1.46. The summed E-state index contributed by atoms with van der Waals surface area (Å²) in [6.07, 6.45) is 6.81. The lowest BCUT2D eigenvalue weighted by Gasteiger charge is -2.35. The van der Waals surface area contributed by atoms with Gasteiger partial charge in [-0.05, 0) is 36.5 Å². The summed E-state index contributed by atoms with van der Waals surface area (Å²) >= 11 is 0. The Morgan fingerprint density at radius 2 is 1.84 bits per heavy atom. The normalized spacial score (nSPS) is 21.0. The van der Waals surface area contributed by atoms with E-state index in [1.54, 1.807) is 0 Å². The van der Waals surface area contributed by atoms with E-state index in [-0.39, 0.29) is 17.8 Å². The number of carbonyl (C=O) groups excluding carboxylic acids is 1. The van der Waals surface area contributed by atoms with Crippen LogP contribution in [0.3, 0.4) is 0 Å². The fourth-order valence-electron chi connectivity index (χ4n) is 3.97. The molecule has 5 heteroatoms. The van der Waals surface area contributed by atoms with Gasteiger partial charge in [-0.15, -0.1) is 0 Å². The smallest absolute Gasteiger partial charge is 0.220 e. The summed E-state index contributed by atoms with van der Waals surface area (Å²) in [5, 5.41) is 3.13. The highest BCUT2D eigenvalue weighted by Crippen LogP contribution is 2.26. The van der Waals surface area contributed by atoms with Crippen LogP contribution in [0.5, 0.6) is 0 Å². The Bertz CT molecular complexity index is 537. The molecule has 0 radical (unpaired) electrons. The summed E-state index contributed by atoms with van der Waals surface area (Å²) in [7, 11) is 0. The van der Waals surface area contributed by atoms with Crippen LogP contribution in [0.4, 0.5) is 4.39 Å². The molecule has 3 rings (SSSR count). The van der Waals surface area contributed by atoms with Crippen LogP contribution in [-0.4, -0.2) is 43.7 Å². The highest BCUT2D eigenvalue weighted by molar-refractivity contribution is 5.76. The molecular weight excluding hydrogens is 319 g/mol. The van der Waals surface area contributed by atoms with Crippen molar-refractivity contribution in [3.8, 4) is 0 Å². The first-order chi connectivity index (χ1) is 12.2. The molecule has 25 heavy (non-hydrogen) atoms. The van der Waals surface area contributed by atoms with Gasteiger partial charge in [0.25, 0.3) is 0 Å². The maximum absolute atomic E-state index is 13.3. The number of carbonyl (C=O) groups is 1. The van der Waals surface area contributed by atoms with Gasteiger partial charge in [0, 0.05) is 26.1 Å². The Kier molecular flexibility index (Phi) is 6.82. The molecule has 2 fully saturated rings. The van der Waals surface area contributed by atoms with Crippen molar-refractivity contribution in [3.63, 3.8) is 0 Å². The molecule has 1 aromatic carbocycles. The zero-order chi connectivity index (χ0) is 17.5. The van der Waals surface area contributed by atoms with Crippen molar-refractivity contribution in [1.29, 1.82) is 0 Å². The van der Waals surface area contributed by atoms with Gasteiger partial charge < -0.3 is 10.1 Å². The third kappa shape index (κ3) is 5.51. The molecule has 1 saturated carbocycles. The third-order valence-electron chi connectivity index (χ3n) is 5.43. The maximum Gasteiger partial charge on any atom is 0.220 e. The summed E-state index contributed by atoms with van der Waals surface area (Å²) in [5.41, 5.74) is 1.04. The summed E-state index contributed by atoms with van der Waals surface area (Å²) in [6, 6.07) is 6.70. The van der Waals surface area contributed by atoms with Crippen LogP contribution in [0.1, 0.15) is 50.1 Å². The molecule has 1 amide bonds. The number of rotatable bonds is 6. The number of morpholine rings is 1. The van der Waals surface area contributed by atoms with Crippen molar-refractivity contribution in [2.45, 2.75) is 44.6 Å². The highest BCUT2D eigenvalue weighted by Gasteiger charge is 2.24. The average Bonchev–Trinajstić information content (AvgIpc) is 2.65. The van der Waals surface area contributed by atoms with Crippen molar-refractivity contribution >= 4 is 5.91 Å². The number of hydrogen-bond donors (Lipinski definition) is 1. The zero-order valence-electron chi connectivity index (χ0n) is 14.9. The molecule has 1 saturated heterocycles. The van der Waals surface area contributed by atoms with Crippen molar-refractivity contribution in [2.24, 2.45) is 5.92 Å². The van der Waals surface area contributed by atoms with E-state index in [0.717, 1.165) is 18.7 Å². The van der Waals surface area contributed by atoms with E-state index in [9.17, 15) is 9.18 Å². The lowest BCUT2D eigenvalue weighted by molar-refractivity contribution is -0.122. The number of ether oxygens (including phenoxy) is 1. The predicted octanol–water partition coefficient (Wildman–Crippen LogP) is 3.29. The summed E-state index contributed by atoms with van der Waals surface area (Å²) in [6.45, 7) is 3.64. The topological polar surface area (TPSA) is 41.6 Å². The monoisotopic (exact) mass is 348 g/mol. The van der Waals surface area contributed by atoms with Crippen LogP contribution in [-0.2, 0) is 9.53 Å². The van der Waals surface area contributed by atoms with Gasteiger partial charge in [-0.3, -0.25) is 9.69 Å². The lowest BCUT2D eigenvalue weighted by atomic mass is 9.87. The fourth-order valence-corrected chi connectivity index (χ4v) is 3.97. The number of hydrogen-bond acceptors (Lipinski definition) is 3. The molecular formula is C20H29FN2O2. The molecule has 138 valence electrons. The molecule has 4 nitrogen and oxygen atoms in total. The minimum atomic E-state index is -0.231. The number of benzene rings is 1. The minimum Gasteiger partial charge on any atom is -0.379 e. The van der Waals surface area contributed by atoms with Crippen molar-refractivity contribution < 1.29 is 13.9 Å². The van der Waals surface area contributed by atoms with Gasteiger partial charge in [0.1, 0.15) is 5.82 Å². The highest BCUT2D eigenvalue weighted by atomic mass is 19.1. The SMILES string of the molecule is O=C(CC1CCCCC1)NC[C@@H](c1ccc(F)cc1)N1CCOCC1. The minimum absolute atomic E-state index is 0.0693. The zero-order valence-corrected chi connectivity index (χ0v) is 14.9. The average molecular weight is 348 g/mol. The second-order valence-corrected chi connectivity index (χ2v) is 7.23. The number of nitrogens with zero attached hydrogens (tertiary/aromatic N) is 1. The van der Waals surface area contributed by atoms with E-state index in [4.69, 9.17) is 4.74 Å². The molecule has 1 atom stereocenters. The van der Waals surface area contributed by atoms with Crippen LogP contribution in [0, 0.1) is 11.7 Å². The summed E-state index contributed by atoms with van der Waals surface area (Å²) in [4.78, 5) is 14.7. The van der Waals surface area contributed by atoms with Gasteiger partial charge in [-0.1, -0.05) is 31.4 Å². The van der Waals surface area contributed by atoms with E-state index in [1.165, 1.54) is 44.2 Å². The van der Waals surface area contributed by atoms with Gasteiger partial charge in [0.05, 0.1) is 19.3 Å². The first-order valence-corrected chi connectivity index (χ1v) is 9.56. The van der Waals surface area contributed by atoms with E-state index < -0.39 is 0 Å². The van der Waals surface area contributed by atoms with Gasteiger partial charge in [0.2, 0.25) is 5.91 Å². The first-order valence-electron chi connectivity index (χ1n) is 9.56. The fraction of sp³-hybridized carbons (Fsp3) is 0.650. The van der Waals surface area contributed by atoms with Crippen LogP contribution in [0.2, 0.25) is 0 Å². The summed E-state index contributed by atoms with van der Waals surface area (Å²) < 4.78 is 18.7. The molecule has 0 unspecified atom stereocenters. The predicted molar refractivity (Wildman–Crippen MR) is 95.7 cm³/mol. The molecule has 0 bridgehead atoms. The standard InChI is InChI=1S/C20H29FN2O2/c21-18-8-6-17(7-9-18)19(23-10-12-25-13-11-23)15-22-20(24)14-16-4-2-1-3-5-16/h6-9,16,19H,1-5,10-15H2,(H,22,24)/t19-/m0/s1. The molecule has 1 aromatic rings. The van der Waals surface area contributed by atoms with E-state index in [2.05, 4.69) is 10.2 Å². The lowest BCUT2D eigenvalue weighted by Crippen LogP contribution is -2.44. The molecule has 0 spiro atoms. The Morgan fingerprint density at radius 3 is 2.52 bits per heavy atom. The summed E-state index contributed by atoms with van der Waals surface area (Å²) in [5.74, 6) is 0.458. The third-order valence-corrected chi connectivity index (χ3v) is 5.43. The Labute approximate surface area is 149 Å². The van der Waals surface area contributed by atoms with Crippen LogP contribution < -0.4 is 5.32 Å². The van der Waals surface area contributed by atoms with Crippen molar-refractivity contribution in [3.05, 3.63) is 35.6 Å². The van der Waals surface area contributed by atoms with Gasteiger partial charge >= 0.3 is 0 Å². The molecule has 1 heterocycles. The van der Waals surface area contributed by atoms with Gasteiger partial charge in [-0.2, -0.15) is 0 Å². The molecule has 0 aromatic heterocycles. The Balaban J connectivity index is 1.58. The second kappa shape index (κ2) is 9.30. The molecule has 2 aliphatic rings. The number of halogens is 1. The van der Waals surface area contributed by atoms with Crippen LogP contribution in [0.25, 0.3) is 0 Å². The quantitative estimate of drug-likeness (QED) is 0.858. The van der Waals surface area contributed by atoms with Crippen LogP contribution >= 0.6 is 0 Å². The Morgan fingerprint density at radius 1 is 1.16 bits per heavy atom. The van der Waals surface area contributed by atoms with E-state index in [0.29, 0.717) is 32.1 Å². The van der Waals surface area contributed by atoms with Crippen LogP contribution in [0.15, 0.2) is 24.3 Å².